The third-order valence-corrected chi connectivity index (χ3v) is 18.0. The van der Waals surface area contributed by atoms with Crippen LogP contribution < -0.4 is 10.6 Å². The van der Waals surface area contributed by atoms with Gasteiger partial charge in [-0.1, -0.05) is 93.4 Å². The van der Waals surface area contributed by atoms with Crippen molar-refractivity contribution in [2.45, 2.75) is 184 Å². The van der Waals surface area contributed by atoms with Crippen LogP contribution in [0.1, 0.15) is 132 Å². The summed E-state index contributed by atoms with van der Waals surface area (Å²) in [7, 11) is 0. The number of esters is 5. The lowest BCUT2D eigenvalue weighted by Gasteiger charge is -2.67. The first-order valence-electron chi connectivity index (χ1n) is 29.7. The molecule has 2 saturated carbocycles. The van der Waals surface area contributed by atoms with Gasteiger partial charge in [-0.25, -0.2) is 14.4 Å². The number of hydrogen-bond acceptors (Lipinski definition) is 22. The maximum absolute atomic E-state index is 15.9. The largest absolute Gasteiger partial charge is 0.479 e. The van der Waals surface area contributed by atoms with Crippen molar-refractivity contribution in [2.75, 3.05) is 19.8 Å². The fourth-order valence-electron chi connectivity index (χ4n) is 13.2. The van der Waals surface area contributed by atoms with Crippen LogP contribution in [-0.2, 0) is 71.5 Å². The average molecular weight is 1240 g/mol. The molecule has 3 aliphatic carbocycles. The smallest absolute Gasteiger partial charge is 0.350 e. The summed E-state index contributed by atoms with van der Waals surface area (Å²) < 4.78 is 47.5. The third-order valence-electron chi connectivity index (χ3n) is 18.0. The lowest BCUT2D eigenvalue weighted by atomic mass is 9.44. The Labute approximate surface area is 513 Å². The summed E-state index contributed by atoms with van der Waals surface area (Å²) in [6.45, 7) is 7.96. The lowest BCUT2D eigenvalue weighted by Crippen LogP contribution is -2.82. The van der Waals surface area contributed by atoms with E-state index in [4.69, 9.17) is 37.9 Å². The fourth-order valence-corrected chi connectivity index (χ4v) is 13.2. The van der Waals surface area contributed by atoms with Crippen molar-refractivity contribution in [1.29, 1.82) is 0 Å². The van der Waals surface area contributed by atoms with Gasteiger partial charge in [0.1, 0.15) is 48.3 Å². The van der Waals surface area contributed by atoms with Gasteiger partial charge in [0.2, 0.25) is 12.0 Å². The highest BCUT2D eigenvalue weighted by molar-refractivity contribution is 5.96. The van der Waals surface area contributed by atoms with Gasteiger partial charge in [0.25, 0.3) is 5.91 Å². The lowest BCUT2D eigenvalue weighted by molar-refractivity contribution is -0.346. The molecule has 2 heterocycles. The molecular weight excluding hydrogens is 1160 g/mol. The van der Waals surface area contributed by atoms with Gasteiger partial charge in [-0.2, -0.15) is 0 Å². The number of ether oxygens (including phenoxy) is 8. The predicted octanol–water partition coefficient (Wildman–Crippen LogP) is 3.04. The van der Waals surface area contributed by atoms with Crippen molar-refractivity contribution < 1.29 is 112 Å². The van der Waals surface area contributed by atoms with Gasteiger partial charge in [0.05, 0.1) is 29.6 Å². The summed E-state index contributed by atoms with van der Waals surface area (Å²) in [5.74, 6) is -10.3. The molecule has 482 valence electrons. The molecule has 3 aromatic rings. The Morgan fingerprint density at radius 3 is 1.98 bits per heavy atom. The number of rotatable bonds is 24. The first-order valence-corrected chi connectivity index (χ1v) is 29.7. The topological polar surface area (TPSA) is 373 Å². The number of nitrogens with one attached hydrogen (secondary N) is 2. The van der Waals surface area contributed by atoms with E-state index in [0.717, 1.165) is 13.8 Å². The number of carbonyl (C=O) groups excluding carboxylic acids is 8. The molecule has 3 aromatic carbocycles. The zero-order chi connectivity index (χ0) is 64.8. The van der Waals surface area contributed by atoms with E-state index in [9.17, 15) is 64.2 Å². The summed E-state index contributed by atoms with van der Waals surface area (Å²) in [5.41, 5.74) is -7.90. The molecule has 8 rings (SSSR count). The van der Waals surface area contributed by atoms with E-state index < -0.39 is 168 Å². The molecule has 0 radical (unpaired) electrons. The van der Waals surface area contributed by atoms with Crippen LogP contribution in [0.3, 0.4) is 0 Å². The Morgan fingerprint density at radius 2 is 1.37 bits per heavy atom. The number of carboxylic acids is 1. The van der Waals surface area contributed by atoms with Gasteiger partial charge in [0, 0.05) is 63.7 Å². The van der Waals surface area contributed by atoms with Crippen LogP contribution in [0.2, 0.25) is 0 Å². The number of fused-ring (bicyclic) bond motifs is 5. The molecule has 4 fully saturated rings. The first-order chi connectivity index (χ1) is 42.2. The molecule has 0 spiro atoms. The van der Waals surface area contributed by atoms with Crippen molar-refractivity contribution in [2.24, 2.45) is 16.7 Å². The quantitative estimate of drug-likeness (QED) is 0.0276. The second kappa shape index (κ2) is 28.1. The van der Waals surface area contributed by atoms with Crippen LogP contribution in [-0.4, -0.2) is 182 Å². The Hall–Kier alpha value is -7.49. The minimum absolute atomic E-state index is 0.0101. The fraction of sp³-hybridized carbons (Fsp3) is 0.547. The maximum Gasteiger partial charge on any atom is 0.350 e. The number of unbranched alkanes of at least 4 members (excludes halogenated alkanes) is 3. The minimum atomic E-state index is -2.53. The monoisotopic (exact) mass is 1240 g/mol. The van der Waals surface area contributed by atoms with Crippen LogP contribution in [0.25, 0.3) is 0 Å². The highest BCUT2D eigenvalue weighted by Gasteiger charge is 2.78. The zero-order valence-corrected chi connectivity index (χ0v) is 50.3. The van der Waals surface area contributed by atoms with Crippen LogP contribution in [0.5, 0.6) is 0 Å². The van der Waals surface area contributed by atoms with E-state index in [0.29, 0.717) is 25.7 Å². The van der Waals surface area contributed by atoms with E-state index in [1.807, 2.05) is 0 Å². The van der Waals surface area contributed by atoms with E-state index in [-0.39, 0.29) is 66.9 Å². The SMILES string of the molecule is CC(=O)O[C@H]1C(=O)[C@@]2(C)C(C(OC(=O)c3ccccc3)[C@]3(O)CC(OC(=O)C(OC(=O)CCCC(=O)NCCCCCCO[C@H]4O[C@@H](C(=O)O)[C@H](O)[C@@H](O)[C@@H]4O)C(NC(=O)c4ccccc4)c4ccccc4)C(C)=C1C3(C)C)[C@]1(OC(C)=O)CO[C@@H]1C[C@@H]2O. The van der Waals surface area contributed by atoms with Gasteiger partial charge in [-0.3, -0.25) is 28.8 Å². The average Bonchev–Trinajstić information content (AvgIpc) is 0.673. The Bertz CT molecular complexity index is 3120. The van der Waals surface area contributed by atoms with Crippen molar-refractivity contribution in [3.63, 3.8) is 0 Å². The first kappa shape index (κ1) is 67.4. The van der Waals surface area contributed by atoms with Gasteiger partial charge in [-0.15, -0.1) is 0 Å². The number of benzene rings is 3. The molecule has 25 nitrogen and oxygen atoms in total. The summed E-state index contributed by atoms with van der Waals surface area (Å²) in [6.07, 6.45) is -18.3. The van der Waals surface area contributed by atoms with E-state index in [1.165, 1.54) is 52.0 Å². The summed E-state index contributed by atoms with van der Waals surface area (Å²) in [4.78, 5) is 125. The number of aliphatic hydroxyl groups excluding tert-OH is 4. The molecule has 2 bridgehead atoms. The van der Waals surface area contributed by atoms with Crippen molar-refractivity contribution in [3.8, 4) is 0 Å². The molecule has 16 atom stereocenters. The van der Waals surface area contributed by atoms with Gasteiger partial charge < -0.3 is 79.2 Å². The number of amides is 2. The van der Waals surface area contributed by atoms with E-state index in [1.54, 1.807) is 66.7 Å². The molecular formula is C64H78N2O23. The number of carboxylic acid groups (broad SMARTS) is 1. The Kier molecular flexibility index (Phi) is 21.3. The molecule has 2 saturated heterocycles. The van der Waals surface area contributed by atoms with Crippen LogP contribution >= 0.6 is 0 Å². The van der Waals surface area contributed by atoms with Gasteiger partial charge in [0.15, 0.2) is 29.9 Å². The summed E-state index contributed by atoms with van der Waals surface area (Å²) in [5, 5.41) is 71.3. The number of Topliss-reactive ketones (excluding diaryl/α,β-unsaturated/α-hetero) is 1. The molecule has 5 aliphatic rings. The number of aliphatic hydroxyl groups is 5. The zero-order valence-electron chi connectivity index (χ0n) is 50.3. The van der Waals surface area contributed by atoms with Crippen LogP contribution in [0, 0.1) is 16.7 Å². The van der Waals surface area contributed by atoms with E-state index in [2.05, 4.69) is 10.6 Å². The number of carbonyl (C=O) groups is 9. The van der Waals surface area contributed by atoms with Crippen molar-refractivity contribution in [1.82, 2.24) is 10.6 Å². The summed E-state index contributed by atoms with van der Waals surface area (Å²) in [6, 6.07) is 22.2. The highest BCUT2D eigenvalue weighted by Crippen LogP contribution is 2.64. The number of aliphatic carboxylic acids is 1. The van der Waals surface area contributed by atoms with Gasteiger partial charge in [-0.05, 0) is 74.1 Å². The normalized spacial score (nSPS) is 30.8. The molecule has 2 aliphatic heterocycles. The summed E-state index contributed by atoms with van der Waals surface area (Å²) >= 11 is 0. The van der Waals surface area contributed by atoms with Crippen LogP contribution in [0.15, 0.2) is 102 Å². The van der Waals surface area contributed by atoms with E-state index >= 15 is 9.59 Å². The number of ketones is 1. The third kappa shape index (κ3) is 14.0. The molecule has 5 unspecified atom stereocenters. The van der Waals surface area contributed by atoms with Gasteiger partial charge >= 0.3 is 35.8 Å². The van der Waals surface area contributed by atoms with Crippen molar-refractivity contribution >= 4 is 53.4 Å². The molecule has 25 heteroatoms. The second-order valence-corrected chi connectivity index (χ2v) is 24.0. The molecule has 89 heavy (non-hydrogen) atoms. The van der Waals surface area contributed by atoms with Crippen LogP contribution in [0.4, 0.5) is 0 Å². The highest BCUT2D eigenvalue weighted by atomic mass is 16.7. The molecule has 8 N–H and O–H groups in total. The molecule has 2 amide bonds. The standard InChI is InChI=1S/C64H78N2O23/c1-34-40(32-64(81)55(88-58(79)39-25-16-11-17-26-39)53-62(6,41(69)31-42-63(53,33-83-42)89-36(3)68)54(75)50(84-35(2)67)45(34)61(64,4)5)85-59(80)51(46(37-21-12-9-13-22-37)66-56(76)38-23-14-10-15-24-38)86-44(71)28-20-27-43(70)65-29-18-7-8-19-30-82-60-49(74)47(72)48(73)52(87-60)57(77)78/h9-17,21-26,40-42,46-53,55,60,69,72-74,81H,7-8,18-20,27-33H2,1-6H3,(H,65,70)(H,66,76)(H,77,78)/t40?,41-,42+,46?,47+,48+,49-,50+,51?,52+,53?,55?,60-,62+,63-,64+/m0/s1. The Morgan fingerprint density at radius 1 is 0.742 bits per heavy atom. The maximum atomic E-state index is 15.9. The number of hydrogen-bond donors (Lipinski definition) is 8. The second-order valence-electron chi connectivity index (χ2n) is 24.0. The minimum Gasteiger partial charge on any atom is -0.479 e. The molecule has 0 aromatic heterocycles. The van der Waals surface area contributed by atoms with Crippen molar-refractivity contribution in [3.05, 3.63) is 119 Å². The Balaban J connectivity index is 1.06. The predicted molar refractivity (Wildman–Crippen MR) is 307 cm³/mol.